The van der Waals surface area contributed by atoms with E-state index in [1.165, 1.54) is 12.0 Å². The van der Waals surface area contributed by atoms with Crippen LogP contribution in [-0.4, -0.2) is 51.0 Å². The Morgan fingerprint density at radius 1 is 0.857 bits per heavy atom. The minimum Gasteiger partial charge on any atom is -0.497 e. The van der Waals surface area contributed by atoms with Crippen molar-refractivity contribution in [2.24, 2.45) is 0 Å². The van der Waals surface area contributed by atoms with Crippen LogP contribution in [0.4, 0.5) is 21.9 Å². The van der Waals surface area contributed by atoms with Gasteiger partial charge in [0.1, 0.15) is 5.75 Å². The molecule has 0 unspecified atom stereocenters. The van der Waals surface area contributed by atoms with Gasteiger partial charge in [0.05, 0.1) is 25.8 Å². The van der Waals surface area contributed by atoms with Gasteiger partial charge in [-0.05, 0) is 70.2 Å². The van der Waals surface area contributed by atoms with Crippen LogP contribution in [0.25, 0.3) is 0 Å². The summed E-state index contributed by atoms with van der Waals surface area (Å²) in [6, 6.07) is 19.1. The first-order chi connectivity index (χ1) is 20.2. The molecule has 0 saturated carbocycles. The standard InChI is InChI=1S/C32H38N4O6/c1-6-41-29(42-7-2)20-36-27-17-16-25(40-5)18-26(27)32(30(36)38,19-28(37)33-23-12-8-21(3)9-13-23)35-31(39)34-24-14-10-22(4)11-15-24/h8-18,29H,6-7,19-20H2,1-5H3,(H,33,37)(H2,34,35,39)/t32-/m0/s1. The molecule has 10 heteroatoms. The van der Waals surface area contributed by atoms with Crippen molar-refractivity contribution >= 4 is 34.9 Å². The highest BCUT2D eigenvalue weighted by Crippen LogP contribution is 2.44. The number of hydrogen-bond acceptors (Lipinski definition) is 6. The lowest BCUT2D eigenvalue weighted by Gasteiger charge is -2.30. The van der Waals surface area contributed by atoms with E-state index in [0.717, 1.165) is 11.1 Å². The second-order valence-electron chi connectivity index (χ2n) is 10.1. The van der Waals surface area contributed by atoms with Crippen LogP contribution in [0.3, 0.4) is 0 Å². The zero-order chi connectivity index (χ0) is 30.3. The molecule has 3 aromatic rings. The third-order valence-corrected chi connectivity index (χ3v) is 7.00. The number of carbonyl (C=O) groups is 3. The van der Waals surface area contributed by atoms with E-state index < -0.39 is 29.7 Å². The van der Waals surface area contributed by atoms with Gasteiger partial charge in [-0.2, -0.15) is 0 Å². The summed E-state index contributed by atoms with van der Waals surface area (Å²) in [4.78, 5) is 43.0. The molecule has 1 aliphatic rings. The molecule has 1 heterocycles. The number of aryl methyl sites for hydroxylation is 2. The number of ether oxygens (including phenoxy) is 3. The Bertz CT molecular complexity index is 1340. The lowest BCUT2D eigenvalue weighted by atomic mass is 9.87. The van der Waals surface area contributed by atoms with Crippen molar-refractivity contribution in [3.8, 4) is 5.75 Å². The summed E-state index contributed by atoms with van der Waals surface area (Å²) in [6.07, 6.45) is -1.08. The van der Waals surface area contributed by atoms with E-state index >= 15 is 0 Å². The molecular formula is C32H38N4O6. The fraction of sp³-hybridized carbons (Fsp3) is 0.344. The van der Waals surface area contributed by atoms with Crippen LogP contribution < -0.4 is 25.6 Å². The molecule has 4 rings (SSSR count). The van der Waals surface area contributed by atoms with E-state index in [2.05, 4.69) is 16.0 Å². The van der Waals surface area contributed by atoms with Gasteiger partial charge in [0, 0.05) is 30.2 Å². The van der Waals surface area contributed by atoms with Crippen LogP contribution in [0.2, 0.25) is 0 Å². The number of nitrogens with one attached hydrogen (secondary N) is 3. The third-order valence-electron chi connectivity index (χ3n) is 7.00. The Morgan fingerprint density at radius 2 is 1.43 bits per heavy atom. The van der Waals surface area contributed by atoms with Crippen LogP contribution >= 0.6 is 0 Å². The molecule has 0 aliphatic carbocycles. The van der Waals surface area contributed by atoms with Crippen molar-refractivity contribution in [3.63, 3.8) is 0 Å². The Morgan fingerprint density at radius 3 is 1.98 bits per heavy atom. The Balaban J connectivity index is 1.75. The topological polar surface area (TPSA) is 118 Å². The lowest BCUT2D eigenvalue weighted by Crippen LogP contribution is -2.56. The van der Waals surface area contributed by atoms with Crippen molar-refractivity contribution in [1.82, 2.24) is 5.32 Å². The van der Waals surface area contributed by atoms with Crippen molar-refractivity contribution in [3.05, 3.63) is 83.4 Å². The van der Waals surface area contributed by atoms with Gasteiger partial charge in [-0.3, -0.25) is 9.59 Å². The van der Waals surface area contributed by atoms with Crippen molar-refractivity contribution in [1.29, 1.82) is 0 Å². The van der Waals surface area contributed by atoms with Crippen LogP contribution in [0, 0.1) is 13.8 Å². The van der Waals surface area contributed by atoms with Gasteiger partial charge in [0.2, 0.25) is 5.91 Å². The number of nitrogens with zero attached hydrogens (tertiary/aromatic N) is 1. The quantitative estimate of drug-likeness (QED) is 0.259. The van der Waals surface area contributed by atoms with E-state index in [1.807, 2.05) is 52.0 Å². The Labute approximate surface area is 246 Å². The van der Waals surface area contributed by atoms with E-state index in [1.54, 1.807) is 42.5 Å². The van der Waals surface area contributed by atoms with Gasteiger partial charge in [-0.25, -0.2) is 4.79 Å². The number of anilines is 3. The summed E-state index contributed by atoms with van der Waals surface area (Å²) in [6.45, 7) is 8.39. The normalized spacial score (nSPS) is 15.9. The predicted octanol–water partition coefficient (Wildman–Crippen LogP) is 5.10. The average molecular weight is 575 g/mol. The first-order valence-corrected chi connectivity index (χ1v) is 13.9. The van der Waals surface area contributed by atoms with Crippen LogP contribution in [0.15, 0.2) is 66.7 Å². The van der Waals surface area contributed by atoms with Crippen molar-refractivity contribution < 1.29 is 28.6 Å². The van der Waals surface area contributed by atoms with Crippen LogP contribution in [-0.2, 0) is 24.6 Å². The zero-order valence-corrected chi connectivity index (χ0v) is 24.7. The Hall–Kier alpha value is -4.41. The molecule has 3 N–H and O–H groups in total. The number of urea groups is 1. The van der Waals surface area contributed by atoms with Gasteiger partial charge in [-0.1, -0.05) is 35.4 Å². The maximum Gasteiger partial charge on any atom is 0.320 e. The lowest BCUT2D eigenvalue weighted by molar-refractivity contribution is -0.138. The molecule has 0 aromatic heterocycles. The van der Waals surface area contributed by atoms with Crippen molar-refractivity contribution in [2.75, 3.05) is 42.4 Å². The number of fused-ring (bicyclic) bond motifs is 1. The molecule has 222 valence electrons. The first kappa shape index (κ1) is 30.5. The SMILES string of the molecule is CCOC(CN1C(=O)[C@@](CC(=O)Nc2ccc(C)cc2)(NC(=O)Nc2ccc(C)cc2)c2cc(OC)ccc21)OCC. The average Bonchev–Trinajstić information content (AvgIpc) is 3.17. The summed E-state index contributed by atoms with van der Waals surface area (Å²) in [5.41, 5.74) is 2.38. The van der Waals surface area contributed by atoms with Crippen molar-refractivity contribution in [2.45, 2.75) is 45.9 Å². The molecule has 1 atom stereocenters. The predicted molar refractivity (Wildman–Crippen MR) is 162 cm³/mol. The van der Waals surface area contributed by atoms with E-state index in [9.17, 15) is 14.4 Å². The number of amides is 4. The smallest absolute Gasteiger partial charge is 0.320 e. The first-order valence-electron chi connectivity index (χ1n) is 13.9. The molecule has 0 radical (unpaired) electrons. The molecule has 10 nitrogen and oxygen atoms in total. The molecule has 0 bridgehead atoms. The van der Waals surface area contributed by atoms with E-state index in [-0.39, 0.29) is 13.0 Å². The van der Waals surface area contributed by atoms with Gasteiger partial charge in [0.15, 0.2) is 11.8 Å². The number of rotatable bonds is 12. The molecular weight excluding hydrogens is 536 g/mol. The molecule has 0 spiro atoms. The summed E-state index contributed by atoms with van der Waals surface area (Å²) >= 11 is 0. The second kappa shape index (κ2) is 13.5. The fourth-order valence-corrected chi connectivity index (χ4v) is 4.94. The largest absolute Gasteiger partial charge is 0.497 e. The summed E-state index contributed by atoms with van der Waals surface area (Å²) < 4.78 is 17.0. The molecule has 42 heavy (non-hydrogen) atoms. The van der Waals surface area contributed by atoms with E-state index in [0.29, 0.717) is 41.6 Å². The summed E-state index contributed by atoms with van der Waals surface area (Å²) in [5, 5.41) is 8.52. The highest BCUT2D eigenvalue weighted by Gasteiger charge is 2.54. The third kappa shape index (κ3) is 6.89. The number of carbonyl (C=O) groups excluding carboxylic acids is 3. The maximum atomic E-state index is 14.4. The fourth-order valence-electron chi connectivity index (χ4n) is 4.94. The maximum absolute atomic E-state index is 14.4. The minimum absolute atomic E-state index is 0.0580. The summed E-state index contributed by atoms with van der Waals surface area (Å²) in [5.74, 6) is -0.475. The molecule has 1 aliphatic heterocycles. The second-order valence-corrected chi connectivity index (χ2v) is 10.1. The van der Waals surface area contributed by atoms with Crippen LogP contribution in [0.5, 0.6) is 5.75 Å². The molecule has 4 amide bonds. The highest BCUT2D eigenvalue weighted by molar-refractivity contribution is 6.13. The molecule has 0 fully saturated rings. The van der Waals surface area contributed by atoms with Crippen LogP contribution in [0.1, 0.15) is 37.0 Å². The number of hydrogen-bond donors (Lipinski definition) is 3. The van der Waals surface area contributed by atoms with Gasteiger partial charge >= 0.3 is 6.03 Å². The minimum atomic E-state index is -1.75. The molecule has 0 saturated heterocycles. The number of benzene rings is 3. The highest BCUT2D eigenvalue weighted by atomic mass is 16.7. The van der Waals surface area contributed by atoms with Gasteiger partial charge < -0.3 is 35.1 Å². The van der Waals surface area contributed by atoms with E-state index in [4.69, 9.17) is 14.2 Å². The number of methoxy groups -OCH3 is 1. The molecule has 3 aromatic carbocycles. The summed E-state index contributed by atoms with van der Waals surface area (Å²) in [7, 11) is 1.51. The zero-order valence-electron chi connectivity index (χ0n) is 24.7. The monoisotopic (exact) mass is 574 g/mol. The van der Waals surface area contributed by atoms with Gasteiger partial charge in [0.25, 0.3) is 5.91 Å². The Kier molecular flexibility index (Phi) is 9.82. The van der Waals surface area contributed by atoms with Gasteiger partial charge in [-0.15, -0.1) is 0 Å².